The van der Waals surface area contributed by atoms with E-state index in [-0.39, 0.29) is 33.1 Å². The number of hydrogen-bond acceptors (Lipinski definition) is 8. The van der Waals surface area contributed by atoms with E-state index in [9.17, 15) is 9.59 Å². The molecule has 11 nitrogen and oxygen atoms in total. The molecular formula is C25H33N7O4. The van der Waals surface area contributed by atoms with E-state index in [2.05, 4.69) is 15.5 Å². The molecular weight excluding hydrogens is 462 g/mol. The van der Waals surface area contributed by atoms with E-state index >= 15 is 0 Å². The van der Waals surface area contributed by atoms with Crippen molar-refractivity contribution in [1.29, 1.82) is 5.26 Å². The number of nitrogens with zero attached hydrogens (tertiary/aromatic N) is 5. The quantitative estimate of drug-likeness (QED) is 0.408. The zero-order valence-electron chi connectivity index (χ0n) is 20.0. The smallest absolute Gasteiger partial charge is 0.410 e. The number of pyridine rings is 1. The molecule has 192 valence electrons. The number of benzene rings is 1. The fraction of sp³-hybridized carbons (Fsp3) is 0.400. The Morgan fingerprint density at radius 1 is 1.17 bits per heavy atom. The molecule has 0 aliphatic heterocycles. The lowest BCUT2D eigenvalue weighted by Crippen LogP contribution is -2.51. The van der Waals surface area contributed by atoms with Gasteiger partial charge < -0.3 is 20.5 Å². The number of nitrogens with one attached hydrogen (secondary N) is 1. The van der Waals surface area contributed by atoms with Crippen molar-refractivity contribution in [2.75, 3.05) is 20.2 Å². The number of amides is 2. The Morgan fingerprint density at radius 3 is 2.56 bits per heavy atom. The molecule has 36 heavy (non-hydrogen) atoms. The van der Waals surface area contributed by atoms with Gasteiger partial charge in [0.25, 0.3) is 0 Å². The largest absolute Gasteiger partial charge is 0.443 e. The number of rotatable bonds is 10. The summed E-state index contributed by atoms with van der Waals surface area (Å²) < 4.78 is 13.0. The lowest BCUT2D eigenvalue weighted by atomic mass is 10.1. The number of aromatic nitrogens is 3. The van der Waals surface area contributed by atoms with Gasteiger partial charge in [-0.3, -0.25) is 14.1 Å². The van der Waals surface area contributed by atoms with Gasteiger partial charge >= 0.3 is 6.09 Å². The zero-order chi connectivity index (χ0) is 25.4. The number of fused-ring (bicyclic) bond motifs is 1. The molecule has 3 aromatic rings. The minimum Gasteiger partial charge on any atom is -0.443 e. The van der Waals surface area contributed by atoms with E-state index in [1.54, 1.807) is 36.4 Å². The molecule has 0 unspecified atom stereocenters. The molecule has 1 atom stereocenters. The van der Waals surface area contributed by atoms with Crippen LogP contribution in [0.2, 0.25) is 0 Å². The topological polar surface area (TPSA) is 148 Å². The Bertz CT molecular complexity index is 1200. The van der Waals surface area contributed by atoms with Crippen molar-refractivity contribution in [2.45, 2.75) is 46.1 Å². The van der Waals surface area contributed by atoms with Crippen LogP contribution in [-0.2, 0) is 27.5 Å². The highest BCUT2D eigenvalue weighted by Gasteiger charge is 2.28. The van der Waals surface area contributed by atoms with Gasteiger partial charge in [-0.05, 0) is 31.5 Å². The van der Waals surface area contributed by atoms with Gasteiger partial charge in [0, 0.05) is 7.05 Å². The molecule has 0 aliphatic carbocycles. The summed E-state index contributed by atoms with van der Waals surface area (Å²) in [7, 11) is 1.47. The van der Waals surface area contributed by atoms with Crippen molar-refractivity contribution in [3.63, 3.8) is 0 Å². The van der Waals surface area contributed by atoms with Gasteiger partial charge in [-0.15, -0.1) is 10.2 Å². The normalized spacial score (nSPS) is 11.8. The van der Waals surface area contributed by atoms with Gasteiger partial charge in [0.05, 0.1) is 30.5 Å². The van der Waals surface area contributed by atoms with Gasteiger partial charge in [0.2, 0.25) is 5.91 Å². The minimum absolute atomic E-state index is 0. The molecule has 3 N–H and O–H groups in total. The standard InChI is InChI=1S/C24H29N7O4.CH4/c1-24(2,26)22(32)27-19(16-34-14-17-8-5-4-6-9-17)21-29-28-20-11-7-10-18(31(20)21)15-35-23(33)30(3)13-12-25;/h4-11,19H,13-16,26H2,1-3H3,(H,27,32);1H4/t19-;/m1./s1. The molecule has 0 saturated carbocycles. The predicted molar refractivity (Wildman–Crippen MR) is 133 cm³/mol. The Hall–Kier alpha value is -4.01. The molecule has 0 spiro atoms. The van der Waals surface area contributed by atoms with Crippen LogP contribution >= 0.6 is 0 Å². The molecule has 2 aromatic heterocycles. The SMILES string of the molecule is C.CN(CC#N)C(=O)OCc1cccc2nnc([C@@H](COCc3ccccc3)NC(=O)C(C)(C)N)n12. The van der Waals surface area contributed by atoms with Crippen LogP contribution in [0.4, 0.5) is 4.79 Å². The average Bonchev–Trinajstić information content (AvgIpc) is 3.26. The first-order valence-corrected chi connectivity index (χ1v) is 11.0. The van der Waals surface area contributed by atoms with Crippen molar-refractivity contribution < 1.29 is 19.1 Å². The van der Waals surface area contributed by atoms with Crippen LogP contribution in [-0.4, -0.2) is 57.2 Å². The van der Waals surface area contributed by atoms with Crippen molar-refractivity contribution >= 4 is 17.6 Å². The van der Waals surface area contributed by atoms with Crippen LogP contribution in [0.5, 0.6) is 0 Å². The van der Waals surface area contributed by atoms with Gasteiger partial charge in [-0.1, -0.05) is 43.8 Å². The highest BCUT2D eigenvalue weighted by atomic mass is 16.6. The van der Waals surface area contributed by atoms with Crippen LogP contribution in [0.25, 0.3) is 5.65 Å². The van der Waals surface area contributed by atoms with E-state index in [0.717, 1.165) is 10.5 Å². The van der Waals surface area contributed by atoms with Gasteiger partial charge in [0.15, 0.2) is 11.5 Å². The number of nitrogens with two attached hydrogens (primary N) is 1. The van der Waals surface area contributed by atoms with Crippen molar-refractivity contribution in [3.8, 4) is 6.07 Å². The number of carbonyl (C=O) groups excluding carboxylic acids is 2. The third-order valence-corrected chi connectivity index (χ3v) is 5.10. The molecule has 0 radical (unpaired) electrons. The van der Waals surface area contributed by atoms with Crippen molar-refractivity contribution in [1.82, 2.24) is 24.8 Å². The minimum atomic E-state index is -1.12. The number of nitriles is 1. The highest BCUT2D eigenvalue weighted by Crippen LogP contribution is 2.18. The number of ether oxygens (including phenoxy) is 2. The monoisotopic (exact) mass is 495 g/mol. The molecule has 0 bridgehead atoms. The summed E-state index contributed by atoms with van der Waals surface area (Å²) in [5.41, 5.74) is 6.94. The summed E-state index contributed by atoms with van der Waals surface area (Å²) in [5, 5.41) is 20.2. The fourth-order valence-corrected chi connectivity index (χ4v) is 3.18. The Labute approximate surface area is 210 Å². The lowest BCUT2D eigenvalue weighted by molar-refractivity contribution is -0.126. The van der Waals surface area contributed by atoms with Crippen LogP contribution < -0.4 is 11.1 Å². The Balaban J connectivity index is 0.00000456. The summed E-state index contributed by atoms with van der Waals surface area (Å²) in [6, 6.07) is 16.1. The zero-order valence-corrected chi connectivity index (χ0v) is 20.0. The maximum atomic E-state index is 12.7. The molecule has 11 heteroatoms. The summed E-state index contributed by atoms with van der Waals surface area (Å²) in [6.07, 6.45) is -0.640. The van der Waals surface area contributed by atoms with Crippen LogP contribution in [0.3, 0.4) is 0 Å². The van der Waals surface area contributed by atoms with E-state index in [4.69, 9.17) is 20.5 Å². The molecule has 2 heterocycles. The van der Waals surface area contributed by atoms with Gasteiger partial charge in [0.1, 0.15) is 19.2 Å². The van der Waals surface area contributed by atoms with Crippen LogP contribution in [0.1, 0.15) is 44.4 Å². The molecule has 0 saturated heterocycles. The first-order valence-electron chi connectivity index (χ1n) is 11.0. The molecule has 1 aromatic carbocycles. The third kappa shape index (κ3) is 7.24. The highest BCUT2D eigenvalue weighted by molar-refractivity contribution is 5.85. The average molecular weight is 496 g/mol. The fourth-order valence-electron chi connectivity index (χ4n) is 3.18. The predicted octanol–water partition coefficient (Wildman–Crippen LogP) is 2.57. The molecule has 0 fully saturated rings. The molecule has 0 aliphatic rings. The van der Waals surface area contributed by atoms with Crippen molar-refractivity contribution in [2.24, 2.45) is 5.73 Å². The molecule has 3 rings (SSSR count). The second kappa shape index (κ2) is 12.6. The lowest BCUT2D eigenvalue weighted by Gasteiger charge is -2.24. The molecule has 2 amide bonds. The first-order chi connectivity index (χ1) is 16.7. The van der Waals surface area contributed by atoms with Crippen LogP contribution in [0, 0.1) is 11.3 Å². The number of carbonyl (C=O) groups is 2. The summed E-state index contributed by atoms with van der Waals surface area (Å²) >= 11 is 0. The summed E-state index contributed by atoms with van der Waals surface area (Å²) in [4.78, 5) is 26.0. The second-order valence-electron chi connectivity index (χ2n) is 8.59. The van der Waals surface area contributed by atoms with Crippen molar-refractivity contribution in [3.05, 3.63) is 65.6 Å². The maximum Gasteiger partial charge on any atom is 0.410 e. The first kappa shape index (κ1) is 28.2. The summed E-state index contributed by atoms with van der Waals surface area (Å²) in [6.45, 7) is 3.47. The maximum absolute atomic E-state index is 12.7. The van der Waals surface area contributed by atoms with E-state index < -0.39 is 17.7 Å². The van der Waals surface area contributed by atoms with Crippen LogP contribution in [0.15, 0.2) is 48.5 Å². The third-order valence-electron chi connectivity index (χ3n) is 5.10. The Kier molecular flexibility index (Phi) is 9.90. The van der Waals surface area contributed by atoms with Gasteiger partial charge in [-0.2, -0.15) is 5.26 Å². The Morgan fingerprint density at radius 2 is 1.89 bits per heavy atom. The number of hydrogen-bond donors (Lipinski definition) is 2. The van der Waals surface area contributed by atoms with E-state index in [1.807, 2.05) is 36.4 Å². The summed E-state index contributed by atoms with van der Waals surface area (Å²) in [5.74, 6) is 0.0206. The van der Waals surface area contributed by atoms with E-state index in [0.29, 0.717) is 23.8 Å². The van der Waals surface area contributed by atoms with Gasteiger partial charge in [-0.25, -0.2) is 4.79 Å². The second-order valence-corrected chi connectivity index (χ2v) is 8.59. The van der Waals surface area contributed by atoms with E-state index in [1.165, 1.54) is 7.05 Å².